The van der Waals surface area contributed by atoms with Crippen molar-refractivity contribution in [1.29, 1.82) is 0 Å². The molecule has 9 heteroatoms. The third-order valence-corrected chi connectivity index (χ3v) is 7.79. The highest BCUT2D eigenvalue weighted by Crippen LogP contribution is 2.37. The van der Waals surface area contributed by atoms with E-state index in [2.05, 4.69) is 0 Å². The van der Waals surface area contributed by atoms with Gasteiger partial charge in [0.25, 0.3) is 11.8 Å². The van der Waals surface area contributed by atoms with Crippen LogP contribution in [0.3, 0.4) is 0 Å². The van der Waals surface area contributed by atoms with E-state index < -0.39 is 12.0 Å². The maximum Gasteiger partial charge on any atom is 0.303 e. The van der Waals surface area contributed by atoms with Crippen LogP contribution in [-0.2, 0) is 16.0 Å². The fourth-order valence-electron chi connectivity index (χ4n) is 4.60. The summed E-state index contributed by atoms with van der Waals surface area (Å²) in [5.74, 6) is -1.34. The fourth-order valence-corrected chi connectivity index (χ4v) is 5.29. The minimum absolute atomic E-state index is 0.0209. The second-order valence-electron chi connectivity index (χ2n) is 9.05. The molecule has 0 fully saturated rings. The second kappa shape index (κ2) is 12.7. The highest BCUT2D eigenvalue weighted by Gasteiger charge is 2.40. The molecule has 0 aromatic heterocycles. The van der Waals surface area contributed by atoms with Crippen molar-refractivity contribution in [2.24, 2.45) is 0 Å². The summed E-state index contributed by atoms with van der Waals surface area (Å²) in [7, 11) is 0. The van der Waals surface area contributed by atoms with Crippen molar-refractivity contribution in [2.45, 2.75) is 36.6 Å². The molecular formula is C29H28Cl2N2O4S. The van der Waals surface area contributed by atoms with Crippen molar-refractivity contribution in [2.75, 3.05) is 24.2 Å². The van der Waals surface area contributed by atoms with Crippen LogP contribution in [0.4, 0.5) is 5.69 Å². The zero-order valence-corrected chi connectivity index (χ0v) is 23.2. The number of rotatable bonds is 10. The number of carboxylic acids is 1. The minimum atomic E-state index is -0.875. The monoisotopic (exact) mass is 570 g/mol. The number of fused-ring (bicyclic) bond motifs is 1. The lowest BCUT2D eigenvalue weighted by Gasteiger charge is -2.31. The van der Waals surface area contributed by atoms with Crippen molar-refractivity contribution >= 4 is 58.4 Å². The number of benzene rings is 3. The Kier molecular flexibility index (Phi) is 9.36. The summed E-state index contributed by atoms with van der Waals surface area (Å²) >= 11 is 13.7. The van der Waals surface area contributed by atoms with Gasteiger partial charge in [-0.15, -0.1) is 11.8 Å². The maximum atomic E-state index is 14.2. The highest BCUT2D eigenvalue weighted by atomic mass is 35.5. The molecule has 1 unspecified atom stereocenters. The molecule has 0 spiro atoms. The largest absolute Gasteiger partial charge is 0.481 e. The summed E-state index contributed by atoms with van der Waals surface area (Å²) in [4.78, 5) is 43.6. The van der Waals surface area contributed by atoms with Crippen molar-refractivity contribution in [3.05, 3.63) is 93.5 Å². The van der Waals surface area contributed by atoms with Crippen molar-refractivity contribution < 1.29 is 19.5 Å². The molecule has 0 saturated heterocycles. The maximum absolute atomic E-state index is 14.2. The average molecular weight is 572 g/mol. The third kappa shape index (κ3) is 6.52. The first-order valence-electron chi connectivity index (χ1n) is 12.3. The summed E-state index contributed by atoms with van der Waals surface area (Å²) in [5, 5.41) is 10.2. The number of hydrogen-bond donors (Lipinski definition) is 1. The number of thioether (sulfide) groups is 1. The molecule has 0 aliphatic carbocycles. The Labute approximate surface area is 236 Å². The molecule has 38 heavy (non-hydrogen) atoms. The third-order valence-electron chi connectivity index (χ3n) is 6.56. The molecule has 2 amide bonds. The van der Waals surface area contributed by atoms with E-state index in [0.717, 1.165) is 10.5 Å². The Morgan fingerprint density at radius 1 is 0.921 bits per heavy atom. The summed E-state index contributed by atoms with van der Waals surface area (Å²) in [5.41, 5.74) is 2.66. The minimum Gasteiger partial charge on any atom is -0.481 e. The summed E-state index contributed by atoms with van der Waals surface area (Å²) in [6, 6.07) is 19.1. The summed E-state index contributed by atoms with van der Waals surface area (Å²) in [6.45, 7) is 0.620. The number of carboxylic acid groups (broad SMARTS) is 1. The van der Waals surface area contributed by atoms with E-state index in [1.807, 2.05) is 48.7 Å². The highest BCUT2D eigenvalue weighted by molar-refractivity contribution is 7.98. The molecule has 3 aromatic carbocycles. The van der Waals surface area contributed by atoms with Crippen molar-refractivity contribution in [1.82, 2.24) is 4.90 Å². The first-order valence-corrected chi connectivity index (χ1v) is 14.3. The summed E-state index contributed by atoms with van der Waals surface area (Å²) in [6.07, 6.45) is 3.42. The van der Waals surface area contributed by atoms with Gasteiger partial charge in [-0.2, -0.15) is 0 Å². The molecule has 1 atom stereocenters. The van der Waals surface area contributed by atoms with Gasteiger partial charge in [-0.1, -0.05) is 47.5 Å². The second-order valence-corrected chi connectivity index (χ2v) is 10.8. The van der Waals surface area contributed by atoms with E-state index in [4.69, 9.17) is 28.3 Å². The molecule has 3 aromatic rings. The Balaban J connectivity index is 1.77. The predicted octanol–water partition coefficient (Wildman–Crippen LogP) is 6.74. The Morgan fingerprint density at radius 3 is 2.21 bits per heavy atom. The quantitative estimate of drug-likeness (QED) is 0.215. The van der Waals surface area contributed by atoms with Crippen LogP contribution in [-0.4, -0.2) is 47.1 Å². The Morgan fingerprint density at radius 2 is 1.58 bits per heavy atom. The van der Waals surface area contributed by atoms with Crippen LogP contribution in [0.25, 0.3) is 0 Å². The van der Waals surface area contributed by atoms with Gasteiger partial charge in [0.1, 0.15) is 6.04 Å². The van der Waals surface area contributed by atoms with Crippen LogP contribution in [0.2, 0.25) is 10.0 Å². The predicted molar refractivity (Wildman–Crippen MR) is 152 cm³/mol. The van der Waals surface area contributed by atoms with Gasteiger partial charge in [0, 0.05) is 34.5 Å². The van der Waals surface area contributed by atoms with Crippen LogP contribution >= 0.6 is 35.0 Å². The van der Waals surface area contributed by atoms with Crippen molar-refractivity contribution in [3.63, 3.8) is 0 Å². The van der Waals surface area contributed by atoms with E-state index in [9.17, 15) is 14.4 Å². The number of carbonyl (C=O) groups is 3. The zero-order chi connectivity index (χ0) is 27.2. The SMILES string of the molecule is CSc1ccc2c(c1)C(=O)N(CCc1ccc(Cl)cc1)C(c1ccc(Cl)cc1)C(=O)N2CCCCC(=O)O. The number of amides is 2. The van der Waals surface area contributed by atoms with E-state index in [1.165, 1.54) is 11.8 Å². The standard InChI is InChI=1S/C29H28Cl2N2O4S/c1-38-23-13-14-25-24(18-23)28(36)33(17-15-19-5-9-21(30)10-6-19)27(20-7-11-22(31)12-8-20)29(37)32(25)16-3-2-4-26(34)35/h5-14,18,27H,2-4,15-17H2,1H3,(H,34,35). The lowest BCUT2D eigenvalue weighted by atomic mass is 10.0. The molecule has 0 bridgehead atoms. The van der Waals surface area contributed by atoms with E-state index in [0.29, 0.717) is 59.2 Å². The van der Waals surface area contributed by atoms with Crippen LogP contribution in [0, 0.1) is 0 Å². The molecule has 1 aliphatic heterocycles. The van der Waals surface area contributed by atoms with Gasteiger partial charge < -0.3 is 14.9 Å². The Bertz CT molecular complexity index is 1320. The van der Waals surface area contributed by atoms with E-state index in [1.54, 1.807) is 34.1 Å². The van der Waals surface area contributed by atoms with Crippen LogP contribution in [0.5, 0.6) is 0 Å². The molecule has 0 radical (unpaired) electrons. The van der Waals surface area contributed by atoms with Gasteiger partial charge >= 0.3 is 5.97 Å². The average Bonchev–Trinajstić information content (AvgIpc) is 2.99. The molecule has 1 aliphatic rings. The van der Waals surface area contributed by atoms with Gasteiger partial charge in [0.15, 0.2) is 0 Å². The van der Waals surface area contributed by atoms with Crippen molar-refractivity contribution in [3.8, 4) is 0 Å². The van der Waals surface area contributed by atoms with Gasteiger partial charge in [-0.05, 0) is 79.1 Å². The molecule has 4 rings (SSSR count). The smallest absolute Gasteiger partial charge is 0.303 e. The first kappa shape index (κ1) is 28.0. The van der Waals surface area contributed by atoms with Crippen LogP contribution < -0.4 is 4.90 Å². The number of carbonyl (C=O) groups excluding carboxylic acids is 2. The Hall–Kier alpha value is -3.00. The summed E-state index contributed by atoms with van der Waals surface area (Å²) < 4.78 is 0. The molecule has 6 nitrogen and oxygen atoms in total. The van der Waals surface area contributed by atoms with Crippen LogP contribution in [0.1, 0.15) is 46.8 Å². The van der Waals surface area contributed by atoms with Gasteiger partial charge in [0.05, 0.1) is 11.3 Å². The van der Waals surface area contributed by atoms with E-state index >= 15 is 0 Å². The number of halogens is 2. The van der Waals surface area contributed by atoms with Gasteiger partial charge in [-0.25, -0.2) is 0 Å². The fraction of sp³-hybridized carbons (Fsp3) is 0.276. The number of aliphatic carboxylic acids is 1. The zero-order valence-electron chi connectivity index (χ0n) is 20.9. The van der Waals surface area contributed by atoms with Gasteiger partial charge in [-0.3, -0.25) is 14.4 Å². The molecule has 1 N–H and O–H groups in total. The first-order chi connectivity index (χ1) is 18.3. The molecule has 1 heterocycles. The number of hydrogen-bond acceptors (Lipinski definition) is 4. The number of nitrogens with zero attached hydrogens (tertiary/aromatic N) is 2. The van der Waals surface area contributed by atoms with E-state index in [-0.39, 0.29) is 18.2 Å². The number of unbranched alkanes of at least 4 members (excludes halogenated alkanes) is 1. The normalized spacial score (nSPS) is 15.4. The molecule has 198 valence electrons. The van der Waals surface area contributed by atoms with Gasteiger partial charge in [0.2, 0.25) is 0 Å². The lowest BCUT2D eigenvalue weighted by molar-refractivity contribution is -0.137. The topological polar surface area (TPSA) is 77.9 Å². The molecule has 0 saturated carbocycles. The molecular weight excluding hydrogens is 543 g/mol. The lowest BCUT2D eigenvalue weighted by Crippen LogP contribution is -2.43. The number of anilines is 1. The van der Waals surface area contributed by atoms with Crippen LogP contribution in [0.15, 0.2) is 71.6 Å².